The number of nitrogens with one attached hydrogen (secondary N) is 1. The maximum atomic E-state index is 14.1. The van der Waals surface area contributed by atoms with Crippen LogP contribution in [0.4, 0.5) is 5.00 Å². The van der Waals surface area contributed by atoms with Crippen molar-refractivity contribution in [2.75, 3.05) is 19.0 Å². The number of esters is 1. The molecule has 3 atom stereocenters. The van der Waals surface area contributed by atoms with Crippen LogP contribution < -0.4 is 10.1 Å². The summed E-state index contributed by atoms with van der Waals surface area (Å²) >= 11 is 1.20. The Balaban J connectivity index is 1.53. The van der Waals surface area contributed by atoms with Crippen molar-refractivity contribution in [1.82, 2.24) is 4.90 Å². The molecule has 9 heteroatoms. The van der Waals surface area contributed by atoms with Crippen LogP contribution in [-0.4, -0.2) is 48.3 Å². The number of piperidine rings is 1. The summed E-state index contributed by atoms with van der Waals surface area (Å²) in [5, 5.41) is 5.00. The van der Waals surface area contributed by atoms with Gasteiger partial charge in [-0.3, -0.25) is 19.3 Å². The standard InChI is InChI=1S/C33H36N2O6S/c1-6-41-30(38)26-23(21-12-14-22(40-5)15-13-21)19-42-28(26)34-27(36)25(18-20-10-8-7-9-11-20)35-29(37)24-16-17-33(4,31(35)39)32(24,2)3/h7-15,19,24-25H,6,16-18H2,1-5H3,(H,34,36). The predicted octanol–water partition coefficient (Wildman–Crippen LogP) is 5.96. The first-order chi connectivity index (χ1) is 20.0. The number of likely N-dealkylation sites (tertiary alicyclic amines) is 1. The summed E-state index contributed by atoms with van der Waals surface area (Å²) in [7, 11) is 1.58. The Hall–Kier alpha value is -3.98. The van der Waals surface area contributed by atoms with Crippen molar-refractivity contribution < 1.29 is 28.7 Å². The molecule has 8 nitrogen and oxygen atoms in total. The molecule has 2 heterocycles. The van der Waals surface area contributed by atoms with E-state index in [4.69, 9.17) is 9.47 Å². The minimum Gasteiger partial charge on any atom is -0.497 e. The van der Waals surface area contributed by atoms with E-state index in [1.165, 1.54) is 16.2 Å². The molecule has 1 aliphatic carbocycles. The minimum atomic E-state index is -1.09. The van der Waals surface area contributed by atoms with E-state index in [0.717, 1.165) is 11.1 Å². The Kier molecular flexibility index (Phi) is 7.98. The summed E-state index contributed by atoms with van der Waals surface area (Å²) in [6.07, 6.45) is 1.35. The van der Waals surface area contributed by atoms with Crippen molar-refractivity contribution in [3.05, 3.63) is 71.1 Å². The third kappa shape index (κ3) is 4.89. The molecule has 3 aromatic rings. The van der Waals surface area contributed by atoms with E-state index in [0.29, 0.717) is 29.2 Å². The molecule has 1 saturated heterocycles. The average molecular weight is 589 g/mol. The van der Waals surface area contributed by atoms with Crippen LogP contribution in [0, 0.1) is 16.7 Å². The molecule has 3 amide bonds. The zero-order valence-corrected chi connectivity index (χ0v) is 25.4. The zero-order chi connectivity index (χ0) is 30.2. The van der Waals surface area contributed by atoms with Crippen LogP contribution in [-0.2, 0) is 25.5 Å². The number of methoxy groups -OCH3 is 1. The number of hydrogen-bond acceptors (Lipinski definition) is 7. The molecule has 2 aromatic carbocycles. The van der Waals surface area contributed by atoms with Gasteiger partial charge >= 0.3 is 5.97 Å². The molecule has 42 heavy (non-hydrogen) atoms. The quantitative estimate of drug-likeness (QED) is 0.244. The third-order valence-electron chi connectivity index (χ3n) is 9.25. The van der Waals surface area contributed by atoms with Gasteiger partial charge in [-0.05, 0) is 48.4 Å². The van der Waals surface area contributed by atoms with Gasteiger partial charge in [-0.25, -0.2) is 4.79 Å². The molecule has 2 aliphatic rings. The number of rotatable bonds is 9. The van der Waals surface area contributed by atoms with Crippen molar-refractivity contribution in [3.63, 3.8) is 0 Å². The van der Waals surface area contributed by atoms with Crippen LogP contribution in [0.1, 0.15) is 56.5 Å². The Morgan fingerprint density at radius 1 is 1.07 bits per heavy atom. The SMILES string of the molecule is CCOC(=O)c1c(-c2ccc(OC)cc2)csc1NC(=O)C(Cc1ccccc1)N1C(=O)C2CCC(C)(C1=O)C2(C)C. The second kappa shape index (κ2) is 11.4. The number of imide groups is 1. The molecule has 220 valence electrons. The molecule has 1 saturated carbocycles. The average Bonchev–Trinajstić information content (AvgIpc) is 3.47. The summed E-state index contributed by atoms with van der Waals surface area (Å²) in [6, 6.07) is 15.5. The summed E-state index contributed by atoms with van der Waals surface area (Å²) in [5.74, 6) is -1.42. The van der Waals surface area contributed by atoms with E-state index >= 15 is 0 Å². The summed E-state index contributed by atoms with van der Waals surface area (Å²) < 4.78 is 10.6. The highest BCUT2D eigenvalue weighted by Gasteiger charge is 2.65. The third-order valence-corrected chi connectivity index (χ3v) is 10.1. The first-order valence-corrected chi connectivity index (χ1v) is 15.1. The normalized spacial score (nSPS) is 21.6. The van der Waals surface area contributed by atoms with Gasteiger partial charge in [0, 0.05) is 23.3 Å². The molecule has 5 rings (SSSR count). The van der Waals surface area contributed by atoms with E-state index in [2.05, 4.69) is 5.32 Å². The van der Waals surface area contributed by atoms with E-state index in [-0.39, 0.29) is 36.3 Å². The van der Waals surface area contributed by atoms with E-state index in [9.17, 15) is 19.2 Å². The Morgan fingerprint density at radius 3 is 2.40 bits per heavy atom. The molecule has 0 radical (unpaired) electrons. The summed E-state index contributed by atoms with van der Waals surface area (Å²) in [6.45, 7) is 7.73. The second-order valence-corrected chi connectivity index (χ2v) is 12.5. The molecule has 2 fully saturated rings. The van der Waals surface area contributed by atoms with Crippen molar-refractivity contribution >= 4 is 40.0 Å². The number of amides is 3. The number of benzene rings is 2. The first-order valence-electron chi connectivity index (χ1n) is 14.2. The topological polar surface area (TPSA) is 102 Å². The smallest absolute Gasteiger partial charge is 0.341 e. The molecule has 2 bridgehead atoms. The van der Waals surface area contributed by atoms with Crippen LogP contribution in [0.2, 0.25) is 0 Å². The lowest BCUT2D eigenvalue weighted by Gasteiger charge is -2.49. The fraction of sp³-hybridized carbons (Fsp3) is 0.394. The van der Waals surface area contributed by atoms with Crippen LogP contribution in [0.3, 0.4) is 0 Å². The molecular weight excluding hydrogens is 552 g/mol. The highest BCUT2D eigenvalue weighted by atomic mass is 32.1. The number of fused-ring (bicyclic) bond motifs is 2. The minimum absolute atomic E-state index is 0.152. The van der Waals surface area contributed by atoms with Gasteiger partial charge in [-0.15, -0.1) is 11.3 Å². The number of nitrogens with zero attached hydrogens (tertiary/aromatic N) is 1. The molecule has 0 spiro atoms. The molecule has 1 aromatic heterocycles. The van der Waals surface area contributed by atoms with E-state index in [1.807, 2.05) is 63.2 Å². The number of carbonyl (C=O) groups is 4. The largest absolute Gasteiger partial charge is 0.497 e. The van der Waals surface area contributed by atoms with Crippen molar-refractivity contribution in [3.8, 4) is 16.9 Å². The Labute approximate surface area is 250 Å². The van der Waals surface area contributed by atoms with Gasteiger partial charge < -0.3 is 14.8 Å². The molecule has 1 aliphatic heterocycles. The Bertz CT molecular complexity index is 1510. The monoisotopic (exact) mass is 588 g/mol. The lowest BCUT2D eigenvalue weighted by atomic mass is 9.62. The summed E-state index contributed by atoms with van der Waals surface area (Å²) in [5.41, 5.74) is 1.13. The van der Waals surface area contributed by atoms with Crippen molar-refractivity contribution in [2.24, 2.45) is 16.7 Å². The van der Waals surface area contributed by atoms with Gasteiger partial charge in [0.05, 0.1) is 19.1 Å². The number of hydrogen-bond donors (Lipinski definition) is 1. The lowest BCUT2D eigenvalue weighted by Crippen LogP contribution is -2.64. The zero-order valence-electron chi connectivity index (χ0n) is 24.6. The first kappa shape index (κ1) is 29.5. The van der Waals surface area contributed by atoms with Crippen LogP contribution in [0.5, 0.6) is 5.75 Å². The van der Waals surface area contributed by atoms with Crippen LogP contribution >= 0.6 is 11.3 Å². The highest BCUT2D eigenvalue weighted by molar-refractivity contribution is 7.15. The molecule has 1 N–H and O–H groups in total. The Morgan fingerprint density at radius 2 is 1.76 bits per heavy atom. The van der Waals surface area contributed by atoms with Crippen molar-refractivity contribution in [1.29, 1.82) is 0 Å². The fourth-order valence-electron chi connectivity index (χ4n) is 6.32. The van der Waals surface area contributed by atoms with Gasteiger partial charge in [0.2, 0.25) is 17.7 Å². The second-order valence-electron chi connectivity index (χ2n) is 11.7. The van der Waals surface area contributed by atoms with Gasteiger partial charge in [0.15, 0.2) is 0 Å². The maximum absolute atomic E-state index is 14.1. The van der Waals surface area contributed by atoms with Crippen LogP contribution in [0.25, 0.3) is 11.1 Å². The fourth-order valence-corrected chi connectivity index (χ4v) is 7.28. The van der Waals surface area contributed by atoms with E-state index < -0.39 is 28.7 Å². The van der Waals surface area contributed by atoms with E-state index in [1.54, 1.807) is 31.5 Å². The summed E-state index contributed by atoms with van der Waals surface area (Å²) in [4.78, 5) is 56.5. The predicted molar refractivity (Wildman–Crippen MR) is 161 cm³/mol. The van der Waals surface area contributed by atoms with Gasteiger partial charge in [0.25, 0.3) is 0 Å². The van der Waals surface area contributed by atoms with Gasteiger partial charge in [0.1, 0.15) is 22.4 Å². The lowest BCUT2D eigenvalue weighted by molar-refractivity contribution is -0.172. The van der Waals surface area contributed by atoms with Crippen molar-refractivity contribution in [2.45, 2.75) is 53.0 Å². The highest BCUT2D eigenvalue weighted by Crippen LogP contribution is 2.60. The molecule has 3 unspecified atom stereocenters. The van der Waals surface area contributed by atoms with Gasteiger partial charge in [-0.1, -0.05) is 63.2 Å². The molecular formula is C33H36N2O6S. The number of carbonyl (C=O) groups excluding carboxylic acids is 4. The number of anilines is 1. The number of thiophene rings is 1. The maximum Gasteiger partial charge on any atom is 0.341 e. The number of ether oxygens (including phenoxy) is 2. The van der Waals surface area contributed by atoms with Gasteiger partial charge in [-0.2, -0.15) is 0 Å². The van der Waals surface area contributed by atoms with Crippen LogP contribution in [0.15, 0.2) is 60.0 Å².